The van der Waals surface area contributed by atoms with Crippen LogP contribution in [0.4, 0.5) is 11.6 Å². The number of hydrogen-bond acceptors (Lipinski definition) is 5. The van der Waals surface area contributed by atoms with Gasteiger partial charge in [-0.15, -0.1) is 0 Å². The van der Waals surface area contributed by atoms with Crippen LogP contribution < -0.4 is 10.6 Å². The zero-order valence-electron chi connectivity index (χ0n) is 12.1. The molecule has 0 spiro atoms. The van der Waals surface area contributed by atoms with E-state index in [2.05, 4.69) is 28.7 Å². The van der Waals surface area contributed by atoms with Gasteiger partial charge >= 0.3 is 0 Å². The Morgan fingerprint density at radius 2 is 2.05 bits per heavy atom. The first-order chi connectivity index (χ1) is 9.04. The van der Waals surface area contributed by atoms with Gasteiger partial charge in [-0.05, 0) is 26.2 Å². The molecule has 1 aromatic heterocycles. The van der Waals surface area contributed by atoms with Crippen molar-refractivity contribution in [1.82, 2.24) is 9.97 Å². The van der Waals surface area contributed by atoms with Gasteiger partial charge in [0.1, 0.15) is 17.5 Å². The molecule has 2 rings (SSSR count). The first-order valence-electron chi connectivity index (χ1n) is 7.06. The summed E-state index contributed by atoms with van der Waals surface area (Å²) in [6, 6.07) is 0.486. The molecule has 1 aliphatic rings. The average Bonchev–Trinajstić information content (AvgIpc) is 2.29. The molecule has 1 saturated carbocycles. The standard InChI is InChI=1S/C14H24N4O/c1-9(2)13-16-12(15)10(3)14(17-13)18(7-8-19)11-5-4-6-11/h9,11,19H,4-8H2,1-3H3,(H2,15,16,17). The Hall–Kier alpha value is -1.36. The summed E-state index contributed by atoms with van der Waals surface area (Å²) in [7, 11) is 0. The Morgan fingerprint density at radius 1 is 1.37 bits per heavy atom. The van der Waals surface area contributed by atoms with Gasteiger partial charge in [0.25, 0.3) is 0 Å². The van der Waals surface area contributed by atoms with Gasteiger partial charge in [-0.3, -0.25) is 0 Å². The summed E-state index contributed by atoms with van der Waals surface area (Å²) in [6.07, 6.45) is 3.59. The van der Waals surface area contributed by atoms with Crippen molar-refractivity contribution in [3.8, 4) is 0 Å². The number of rotatable bonds is 5. The van der Waals surface area contributed by atoms with E-state index in [0.717, 1.165) is 17.2 Å². The largest absolute Gasteiger partial charge is 0.395 e. The number of nitrogen functional groups attached to an aromatic ring is 1. The molecule has 1 fully saturated rings. The highest BCUT2D eigenvalue weighted by Gasteiger charge is 2.28. The molecule has 0 radical (unpaired) electrons. The van der Waals surface area contributed by atoms with Crippen LogP contribution in [0, 0.1) is 6.92 Å². The van der Waals surface area contributed by atoms with E-state index in [4.69, 9.17) is 5.73 Å². The molecule has 0 bridgehead atoms. The highest BCUT2D eigenvalue weighted by Crippen LogP contribution is 2.32. The number of nitrogens with zero attached hydrogens (tertiary/aromatic N) is 3. The van der Waals surface area contributed by atoms with Crippen molar-refractivity contribution in [3.05, 3.63) is 11.4 Å². The number of aliphatic hydroxyl groups is 1. The molecule has 3 N–H and O–H groups in total. The summed E-state index contributed by atoms with van der Waals surface area (Å²) in [5.41, 5.74) is 6.93. The predicted octanol–water partition coefficient (Wildman–Crippen LogP) is 1.84. The summed E-state index contributed by atoms with van der Waals surface area (Å²) < 4.78 is 0. The average molecular weight is 264 g/mol. The van der Waals surface area contributed by atoms with Crippen molar-refractivity contribution in [2.24, 2.45) is 0 Å². The fourth-order valence-corrected chi connectivity index (χ4v) is 2.34. The van der Waals surface area contributed by atoms with Crippen molar-refractivity contribution < 1.29 is 5.11 Å². The van der Waals surface area contributed by atoms with Crippen LogP contribution in [0.1, 0.15) is 50.4 Å². The summed E-state index contributed by atoms with van der Waals surface area (Å²) in [6.45, 7) is 6.83. The van der Waals surface area contributed by atoms with Gasteiger partial charge in [0, 0.05) is 24.1 Å². The number of nitrogens with two attached hydrogens (primary N) is 1. The van der Waals surface area contributed by atoms with Crippen LogP contribution in [-0.4, -0.2) is 34.3 Å². The molecule has 0 aliphatic heterocycles. The molecular formula is C14H24N4O. The molecule has 1 aliphatic carbocycles. The Morgan fingerprint density at radius 3 is 2.53 bits per heavy atom. The van der Waals surface area contributed by atoms with Crippen LogP contribution >= 0.6 is 0 Å². The monoisotopic (exact) mass is 264 g/mol. The minimum absolute atomic E-state index is 0.136. The maximum absolute atomic E-state index is 9.29. The Bertz CT molecular complexity index is 443. The summed E-state index contributed by atoms with van der Waals surface area (Å²) in [4.78, 5) is 11.2. The molecule has 106 valence electrons. The number of aliphatic hydroxyl groups excluding tert-OH is 1. The molecule has 5 heteroatoms. The van der Waals surface area contributed by atoms with E-state index in [1.54, 1.807) is 0 Å². The van der Waals surface area contributed by atoms with E-state index in [1.165, 1.54) is 19.3 Å². The first-order valence-corrected chi connectivity index (χ1v) is 7.06. The van der Waals surface area contributed by atoms with Crippen molar-refractivity contribution in [2.45, 2.75) is 52.0 Å². The van der Waals surface area contributed by atoms with Crippen LogP contribution in [0.2, 0.25) is 0 Å². The highest BCUT2D eigenvalue weighted by atomic mass is 16.3. The summed E-state index contributed by atoms with van der Waals surface area (Å²) >= 11 is 0. The maximum atomic E-state index is 9.29. The van der Waals surface area contributed by atoms with Gasteiger partial charge in [-0.1, -0.05) is 13.8 Å². The van der Waals surface area contributed by atoms with Gasteiger partial charge in [0.15, 0.2) is 0 Å². The first kappa shape index (κ1) is 14.1. The molecular weight excluding hydrogens is 240 g/mol. The quantitative estimate of drug-likeness (QED) is 0.848. The second-order valence-electron chi connectivity index (χ2n) is 5.57. The van der Waals surface area contributed by atoms with Crippen LogP contribution in [-0.2, 0) is 0 Å². The third-order valence-electron chi connectivity index (χ3n) is 3.82. The highest BCUT2D eigenvalue weighted by molar-refractivity contribution is 5.57. The van der Waals surface area contributed by atoms with Crippen molar-refractivity contribution in [3.63, 3.8) is 0 Å². The van der Waals surface area contributed by atoms with E-state index in [-0.39, 0.29) is 12.5 Å². The van der Waals surface area contributed by atoms with Gasteiger partial charge in [0.05, 0.1) is 6.61 Å². The van der Waals surface area contributed by atoms with Gasteiger partial charge in [-0.25, -0.2) is 9.97 Å². The van der Waals surface area contributed by atoms with Gasteiger partial charge in [0.2, 0.25) is 0 Å². The van der Waals surface area contributed by atoms with Crippen LogP contribution in [0.25, 0.3) is 0 Å². The van der Waals surface area contributed by atoms with E-state index in [1.807, 2.05) is 6.92 Å². The lowest BCUT2D eigenvalue weighted by atomic mass is 9.91. The smallest absolute Gasteiger partial charge is 0.137 e. The molecule has 0 saturated heterocycles. The van der Waals surface area contributed by atoms with E-state index in [9.17, 15) is 5.11 Å². The van der Waals surface area contributed by atoms with Crippen molar-refractivity contribution in [1.29, 1.82) is 0 Å². The number of hydrogen-bond donors (Lipinski definition) is 2. The second-order valence-corrected chi connectivity index (χ2v) is 5.57. The Kier molecular flexibility index (Phi) is 4.24. The topological polar surface area (TPSA) is 75.3 Å². The lowest BCUT2D eigenvalue weighted by molar-refractivity contribution is 0.282. The second kappa shape index (κ2) is 5.74. The lowest BCUT2D eigenvalue weighted by Gasteiger charge is -2.39. The fraction of sp³-hybridized carbons (Fsp3) is 0.714. The summed E-state index contributed by atoms with van der Waals surface area (Å²) in [5, 5.41) is 9.29. The Labute approximate surface area is 114 Å². The van der Waals surface area contributed by atoms with Gasteiger partial charge in [-0.2, -0.15) is 0 Å². The zero-order chi connectivity index (χ0) is 14.0. The van der Waals surface area contributed by atoms with E-state index >= 15 is 0 Å². The van der Waals surface area contributed by atoms with Crippen LogP contribution in [0.5, 0.6) is 0 Å². The lowest BCUT2D eigenvalue weighted by Crippen LogP contribution is -2.43. The van der Waals surface area contributed by atoms with Crippen molar-refractivity contribution in [2.75, 3.05) is 23.8 Å². The molecule has 19 heavy (non-hydrogen) atoms. The molecule has 1 heterocycles. The SMILES string of the molecule is Cc1c(N)nc(C(C)C)nc1N(CCO)C1CCC1. The zero-order valence-corrected chi connectivity index (χ0v) is 12.1. The normalized spacial score (nSPS) is 15.6. The van der Waals surface area contributed by atoms with E-state index < -0.39 is 0 Å². The molecule has 0 unspecified atom stereocenters. The maximum Gasteiger partial charge on any atom is 0.137 e. The number of aromatic nitrogens is 2. The Balaban J connectivity index is 2.39. The molecule has 0 aromatic carbocycles. The molecule has 1 aromatic rings. The molecule has 0 atom stereocenters. The van der Waals surface area contributed by atoms with Gasteiger partial charge < -0.3 is 15.7 Å². The number of anilines is 2. The molecule has 5 nitrogen and oxygen atoms in total. The minimum atomic E-state index is 0.136. The van der Waals surface area contributed by atoms with Crippen LogP contribution in [0.3, 0.4) is 0 Å². The predicted molar refractivity (Wildman–Crippen MR) is 77.3 cm³/mol. The van der Waals surface area contributed by atoms with Crippen molar-refractivity contribution >= 4 is 11.6 Å². The third-order valence-corrected chi connectivity index (χ3v) is 3.82. The third kappa shape index (κ3) is 2.81. The minimum Gasteiger partial charge on any atom is -0.395 e. The fourth-order valence-electron chi connectivity index (χ4n) is 2.34. The molecule has 0 amide bonds. The summed E-state index contributed by atoms with van der Waals surface area (Å²) in [5.74, 6) is 2.48. The van der Waals surface area contributed by atoms with E-state index in [0.29, 0.717) is 18.4 Å². The van der Waals surface area contributed by atoms with Crippen LogP contribution in [0.15, 0.2) is 0 Å².